The van der Waals surface area contributed by atoms with Gasteiger partial charge in [0.1, 0.15) is 0 Å². The van der Waals surface area contributed by atoms with Crippen LogP contribution in [0.4, 0.5) is 10.5 Å². The maximum Gasteiger partial charge on any atom is 0.319 e. The van der Waals surface area contributed by atoms with Gasteiger partial charge in [0, 0.05) is 49.2 Å². The molecule has 1 aromatic heterocycles. The molecule has 32 heavy (non-hydrogen) atoms. The lowest BCUT2D eigenvalue weighted by atomic mass is 10.0. The first kappa shape index (κ1) is 20.7. The van der Waals surface area contributed by atoms with E-state index in [9.17, 15) is 14.4 Å². The van der Waals surface area contributed by atoms with Crippen LogP contribution in [0.1, 0.15) is 49.0 Å². The maximum atomic E-state index is 13.5. The number of anilines is 1. The highest BCUT2D eigenvalue weighted by Gasteiger charge is 2.39. The van der Waals surface area contributed by atoms with Gasteiger partial charge in [0.25, 0.3) is 12.4 Å². The molecule has 6 rings (SSSR count). The van der Waals surface area contributed by atoms with Crippen LogP contribution in [0.25, 0.3) is 10.9 Å². The molecule has 1 saturated carbocycles. The van der Waals surface area contributed by atoms with Crippen LogP contribution in [0, 0.1) is 0 Å². The second-order valence-corrected chi connectivity index (χ2v) is 8.81. The summed E-state index contributed by atoms with van der Waals surface area (Å²) in [7, 11) is 0. The number of carbonyl (C=O) groups excluding carboxylic acids is 3. The quantitative estimate of drug-likeness (QED) is 0.612. The molecule has 1 aliphatic carbocycles. The zero-order chi connectivity index (χ0) is 22.1. The number of ether oxygens (including phenoxy) is 1. The number of carbonyl (C=O) groups is 3. The Bertz CT molecular complexity index is 1020. The molecule has 4 fully saturated rings. The fourth-order valence-electron chi connectivity index (χ4n) is 5.20. The molecule has 0 radical (unpaired) electrons. The highest BCUT2D eigenvalue weighted by atomic mass is 16.5. The van der Waals surface area contributed by atoms with Crippen molar-refractivity contribution in [1.82, 2.24) is 25.3 Å². The lowest BCUT2D eigenvalue weighted by Crippen LogP contribution is -2.46. The van der Waals surface area contributed by atoms with Gasteiger partial charge in [-0.25, -0.2) is 4.79 Å². The summed E-state index contributed by atoms with van der Waals surface area (Å²) < 4.78 is 5.23. The predicted molar refractivity (Wildman–Crippen MR) is 117 cm³/mol. The van der Waals surface area contributed by atoms with Crippen molar-refractivity contribution in [1.29, 1.82) is 0 Å². The lowest BCUT2D eigenvalue weighted by Gasteiger charge is -2.35. The molecule has 4 aliphatic rings. The lowest BCUT2D eigenvalue weighted by molar-refractivity contribution is -0.146. The number of H-pyrrole nitrogens is 1. The van der Waals surface area contributed by atoms with E-state index in [0.29, 0.717) is 42.8 Å². The molecule has 170 valence electrons. The van der Waals surface area contributed by atoms with Gasteiger partial charge in [0.05, 0.1) is 5.52 Å². The fourth-order valence-corrected chi connectivity index (χ4v) is 5.20. The highest BCUT2D eigenvalue weighted by molar-refractivity contribution is 6.06. The zero-order valence-corrected chi connectivity index (χ0v) is 17.9. The first-order valence-electron chi connectivity index (χ1n) is 11.3. The van der Waals surface area contributed by atoms with E-state index in [0.717, 1.165) is 44.2 Å². The molecule has 0 spiro atoms. The van der Waals surface area contributed by atoms with Crippen molar-refractivity contribution in [3.63, 3.8) is 0 Å². The van der Waals surface area contributed by atoms with Crippen LogP contribution in [-0.2, 0) is 9.53 Å². The number of amides is 3. The van der Waals surface area contributed by atoms with E-state index >= 15 is 0 Å². The van der Waals surface area contributed by atoms with E-state index in [1.165, 1.54) is 0 Å². The molecule has 2 aromatic rings. The minimum Gasteiger partial charge on any atom is -0.448 e. The predicted octanol–water partition coefficient (Wildman–Crippen LogP) is 2.05. The van der Waals surface area contributed by atoms with Crippen LogP contribution in [0.2, 0.25) is 0 Å². The van der Waals surface area contributed by atoms with Crippen molar-refractivity contribution in [3.05, 3.63) is 23.9 Å². The molecule has 3 aliphatic heterocycles. The molecule has 3 unspecified atom stereocenters. The standard InChI is InChI=1S/C22H28N6O4/c29-13-32-19-12-16-7-8-27(19)9-10-28(16)21(30)20-17-11-15(5-6-18(17)25-26-20)24-22(31)23-14-3-1-2-4-14/h5-6,11,13-14,16,19H,1-4,7-10,12H2,(H,25,26)(H2,23,24,31). The number of urea groups is 1. The normalized spacial score (nSPS) is 25.5. The number of aromatic nitrogens is 2. The van der Waals surface area contributed by atoms with Gasteiger partial charge >= 0.3 is 6.03 Å². The van der Waals surface area contributed by atoms with Gasteiger partial charge in [-0.1, -0.05) is 12.8 Å². The van der Waals surface area contributed by atoms with Gasteiger partial charge in [0.15, 0.2) is 11.9 Å². The van der Waals surface area contributed by atoms with Crippen molar-refractivity contribution in [2.75, 3.05) is 25.0 Å². The zero-order valence-electron chi connectivity index (χ0n) is 17.9. The minimum absolute atomic E-state index is 0.00329. The van der Waals surface area contributed by atoms with Crippen molar-refractivity contribution in [2.45, 2.75) is 56.8 Å². The summed E-state index contributed by atoms with van der Waals surface area (Å²) in [6.07, 6.45) is 5.47. The number of benzene rings is 1. The molecule has 3 atom stereocenters. The summed E-state index contributed by atoms with van der Waals surface area (Å²) in [4.78, 5) is 40.6. The largest absolute Gasteiger partial charge is 0.448 e. The SMILES string of the molecule is O=COC1CC2CCN1CCN2C(=O)c1n[nH]c2ccc(NC(=O)NC3CCCC3)cc12. The van der Waals surface area contributed by atoms with Crippen LogP contribution in [0.5, 0.6) is 0 Å². The Labute approximate surface area is 185 Å². The van der Waals surface area contributed by atoms with Gasteiger partial charge in [-0.2, -0.15) is 5.10 Å². The molecule has 3 N–H and O–H groups in total. The number of hydrogen-bond donors (Lipinski definition) is 3. The molecule has 3 amide bonds. The number of rotatable bonds is 5. The monoisotopic (exact) mass is 440 g/mol. The number of aromatic amines is 1. The van der Waals surface area contributed by atoms with Gasteiger partial charge in [-0.3, -0.25) is 19.6 Å². The number of piperidine rings is 1. The van der Waals surface area contributed by atoms with Crippen molar-refractivity contribution < 1.29 is 19.1 Å². The van der Waals surface area contributed by atoms with E-state index in [1.54, 1.807) is 12.1 Å². The maximum absolute atomic E-state index is 13.5. The number of hydrogen-bond acceptors (Lipinski definition) is 6. The molecule has 2 bridgehead atoms. The van der Waals surface area contributed by atoms with E-state index in [4.69, 9.17) is 4.74 Å². The van der Waals surface area contributed by atoms with E-state index < -0.39 is 0 Å². The number of fused-ring (bicyclic) bond motifs is 5. The van der Waals surface area contributed by atoms with Crippen LogP contribution < -0.4 is 10.6 Å². The second-order valence-electron chi connectivity index (χ2n) is 8.81. The van der Waals surface area contributed by atoms with E-state index in [-0.39, 0.29) is 30.2 Å². The van der Waals surface area contributed by atoms with E-state index in [2.05, 4.69) is 25.7 Å². The topological polar surface area (TPSA) is 120 Å². The second kappa shape index (κ2) is 8.78. The van der Waals surface area contributed by atoms with Crippen molar-refractivity contribution in [3.8, 4) is 0 Å². The molecule has 3 saturated heterocycles. The minimum atomic E-state index is -0.283. The fraction of sp³-hybridized carbons (Fsp3) is 0.545. The first-order valence-corrected chi connectivity index (χ1v) is 11.3. The summed E-state index contributed by atoms with van der Waals surface area (Å²) in [5.74, 6) is -0.151. The third-order valence-electron chi connectivity index (χ3n) is 6.89. The van der Waals surface area contributed by atoms with Gasteiger partial charge < -0.3 is 20.3 Å². The van der Waals surface area contributed by atoms with Gasteiger partial charge in [-0.05, 0) is 37.5 Å². The summed E-state index contributed by atoms with van der Waals surface area (Å²) in [6.45, 7) is 2.48. The third kappa shape index (κ3) is 4.02. The molecular weight excluding hydrogens is 412 g/mol. The Morgan fingerprint density at radius 3 is 2.81 bits per heavy atom. The summed E-state index contributed by atoms with van der Waals surface area (Å²) in [6, 6.07) is 5.40. The van der Waals surface area contributed by atoms with Crippen molar-refractivity contribution in [2.24, 2.45) is 0 Å². The Balaban J connectivity index is 1.33. The van der Waals surface area contributed by atoms with Crippen molar-refractivity contribution >= 4 is 35.0 Å². The Morgan fingerprint density at radius 1 is 1.16 bits per heavy atom. The van der Waals surface area contributed by atoms with E-state index in [1.807, 2.05) is 11.0 Å². The molecule has 10 nitrogen and oxygen atoms in total. The van der Waals surface area contributed by atoms with Crippen LogP contribution in [0.3, 0.4) is 0 Å². The molecule has 10 heteroatoms. The average molecular weight is 441 g/mol. The third-order valence-corrected chi connectivity index (χ3v) is 6.89. The summed E-state index contributed by atoms with van der Waals surface area (Å²) in [5, 5.41) is 13.8. The van der Waals surface area contributed by atoms with Crippen LogP contribution in [0.15, 0.2) is 18.2 Å². The van der Waals surface area contributed by atoms with Crippen LogP contribution >= 0.6 is 0 Å². The smallest absolute Gasteiger partial charge is 0.319 e. The summed E-state index contributed by atoms with van der Waals surface area (Å²) >= 11 is 0. The number of nitrogens with one attached hydrogen (secondary N) is 3. The molecule has 4 heterocycles. The van der Waals surface area contributed by atoms with Gasteiger partial charge in [0.2, 0.25) is 0 Å². The Kier molecular flexibility index (Phi) is 5.69. The van der Waals surface area contributed by atoms with Gasteiger partial charge in [-0.15, -0.1) is 0 Å². The molecular formula is C22H28N6O4. The Hall–Kier alpha value is -3.14. The first-order chi connectivity index (χ1) is 15.6. The Morgan fingerprint density at radius 2 is 2.00 bits per heavy atom. The summed E-state index contributed by atoms with van der Waals surface area (Å²) in [5.41, 5.74) is 1.69. The average Bonchev–Trinajstić information content (AvgIpc) is 3.35. The molecule has 1 aromatic carbocycles. The van der Waals surface area contributed by atoms with Crippen LogP contribution in [-0.4, -0.2) is 76.4 Å². The number of nitrogens with zero attached hydrogens (tertiary/aromatic N) is 3. The highest BCUT2D eigenvalue weighted by Crippen LogP contribution is 2.29.